The zero-order valence-electron chi connectivity index (χ0n) is 14.3. The average Bonchev–Trinajstić information content (AvgIpc) is 3.41. The lowest BCUT2D eigenvalue weighted by Crippen LogP contribution is -2.35. The Labute approximate surface area is 147 Å². The van der Waals surface area contributed by atoms with Gasteiger partial charge in [0, 0.05) is 38.2 Å². The van der Waals surface area contributed by atoms with Gasteiger partial charge in [0.15, 0.2) is 0 Å². The van der Waals surface area contributed by atoms with E-state index in [0.29, 0.717) is 25.9 Å². The second-order valence-electron chi connectivity index (χ2n) is 6.89. The lowest BCUT2D eigenvalue weighted by atomic mass is 9.96. The molecule has 2 aromatic heterocycles. The first-order chi connectivity index (χ1) is 12.3. The minimum atomic E-state index is -4.48. The SMILES string of the molecule is Cn1nc(C2CCN(c3cc(C(F)(F)F)ncn3)CC2)n(C2CC2)c1=O. The first-order valence-corrected chi connectivity index (χ1v) is 8.64. The smallest absolute Gasteiger partial charge is 0.356 e. The number of piperidine rings is 1. The van der Waals surface area contributed by atoms with Crippen LogP contribution in [0.4, 0.5) is 19.0 Å². The summed E-state index contributed by atoms with van der Waals surface area (Å²) in [6.07, 6.45) is -0.0989. The molecule has 4 rings (SSSR count). The maximum absolute atomic E-state index is 12.8. The van der Waals surface area contributed by atoms with Crippen LogP contribution in [0, 0.1) is 0 Å². The van der Waals surface area contributed by atoms with Crippen molar-refractivity contribution >= 4 is 5.82 Å². The van der Waals surface area contributed by atoms with Crippen LogP contribution in [-0.2, 0) is 13.2 Å². The maximum atomic E-state index is 12.8. The van der Waals surface area contributed by atoms with Crippen molar-refractivity contribution in [3.05, 3.63) is 34.4 Å². The van der Waals surface area contributed by atoms with E-state index in [1.54, 1.807) is 11.6 Å². The van der Waals surface area contributed by atoms with Gasteiger partial charge in [-0.15, -0.1) is 0 Å². The molecule has 0 unspecified atom stereocenters. The van der Waals surface area contributed by atoms with E-state index in [2.05, 4.69) is 15.1 Å². The molecule has 3 heterocycles. The average molecular weight is 368 g/mol. The van der Waals surface area contributed by atoms with Crippen LogP contribution in [0.2, 0.25) is 0 Å². The Hall–Kier alpha value is -2.39. The van der Waals surface area contributed by atoms with Gasteiger partial charge in [0.1, 0.15) is 23.7 Å². The summed E-state index contributed by atoms with van der Waals surface area (Å²) < 4.78 is 41.7. The van der Waals surface area contributed by atoms with Crippen LogP contribution in [0.5, 0.6) is 0 Å². The molecule has 0 bridgehead atoms. The molecule has 0 atom stereocenters. The van der Waals surface area contributed by atoms with Gasteiger partial charge in [0.05, 0.1) is 0 Å². The number of rotatable bonds is 3. The summed E-state index contributed by atoms with van der Waals surface area (Å²) in [6, 6.07) is 1.24. The van der Waals surface area contributed by atoms with E-state index in [1.165, 1.54) is 4.68 Å². The molecular formula is C16H19F3N6O. The van der Waals surface area contributed by atoms with E-state index in [0.717, 1.165) is 31.1 Å². The number of nitrogens with zero attached hydrogens (tertiary/aromatic N) is 6. The molecule has 140 valence electrons. The molecule has 0 N–H and O–H groups in total. The van der Waals surface area contributed by atoms with Crippen LogP contribution >= 0.6 is 0 Å². The highest BCUT2D eigenvalue weighted by atomic mass is 19.4. The Morgan fingerprint density at radius 2 is 1.81 bits per heavy atom. The Balaban J connectivity index is 1.50. The Morgan fingerprint density at radius 1 is 1.12 bits per heavy atom. The highest BCUT2D eigenvalue weighted by Gasteiger charge is 2.35. The lowest BCUT2D eigenvalue weighted by Gasteiger charge is -2.32. The molecule has 26 heavy (non-hydrogen) atoms. The molecule has 1 saturated carbocycles. The molecule has 10 heteroatoms. The van der Waals surface area contributed by atoms with Crippen LogP contribution in [0.3, 0.4) is 0 Å². The predicted octanol–water partition coefficient (Wildman–Crippen LogP) is 2.11. The monoisotopic (exact) mass is 368 g/mol. The fraction of sp³-hybridized carbons (Fsp3) is 0.625. The van der Waals surface area contributed by atoms with Crippen molar-refractivity contribution in [3.8, 4) is 0 Å². The first-order valence-electron chi connectivity index (χ1n) is 8.64. The van der Waals surface area contributed by atoms with Crippen LogP contribution in [0.15, 0.2) is 17.2 Å². The number of hydrogen-bond donors (Lipinski definition) is 0. The third-order valence-corrected chi connectivity index (χ3v) is 5.02. The summed E-state index contributed by atoms with van der Waals surface area (Å²) in [5.41, 5.74) is -1.02. The van der Waals surface area contributed by atoms with Crippen LogP contribution in [0.1, 0.15) is 49.2 Å². The summed E-state index contributed by atoms with van der Waals surface area (Å²) in [5, 5.41) is 4.41. The number of halogens is 3. The van der Waals surface area contributed by atoms with Gasteiger partial charge in [-0.05, 0) is 25.7 Å². The van der Waals surface area contributed by atoms with Gasteiger partial charge in [-0.2, -0.15) is 18.3 Å². The summed E-state index contributed by atoms with van der Waals surface area (Å²) in [6.45, 7) is 1.13. The molecule has 1 aliphatic carbocycles. The largest absolute Gasteiger partial charge is 0.433 e. The molecule has 2 aliphatic rings. The predicted molar refractivity (Wildman–Crippen MR) is 87.0 cm³/mol. The standard InChI is InChI=1S/C16H19F3N6O/c1-23-15(26)25(11-2-3-11)14(22-23)10-4-6-24(7-5-10)13-8-12(16(17,18)19)20-9-21-13/h8-11H,2-7H2,1H3. The lowest BCUT2D eigenvalue weighted by molar-refractivity contribution is -0.141. The topological polar surface area (TPSA) is 68.8 Å². The third-order valence-electron chi connectivity index (χ3n) is 5.02. The zero-order valence-corrected chi connectivity index (χ0v) is 14.3. The fourth-order valence-electron chi connectivity index (χ4n) is 3.49. The number of aryl methyl sites for hydroxylation is 1. The Morgan fingerprint density at radius 3 is 2.42 bits per heavy atom. The first kappa shape index (κ1) is 17.0. The normalized spacial score (nSPS) is 19.2. The van der Waals surface area contributed by atoms with E-state index < -0.39 is 11.9 Å². The van der Waals surface area contributed by atoms with Gasteiger partial charge in [-0.1, -0.05) is 0 Å². The van der Waals surface area contributed by atoms with E-state index in [4.69, 9.17) is 0 Å². The summed E-state index contributed by atoms with van der Waals surface area (Å²) in [7, 11) is 1.65. The molecule has 1 aliphatic heterocycles. The van der Waals surface area contributed by atoms with Crippen molar-refractivity contribution in [1.29, 1.82) is 0 Å². The van der Waals surface area contributed by atoms with E-state index in [1.807, 2.05) is 4.90 Å². The number of alkyl halides is 3. The van der Waals surface area contributed by atoms with Crippen LogP contribution in [-0.4, -0.2) is 37.4 Å². The molecule has 1 saturated heterocycles. The van der Waals surface area contributed by atoms with Gasteiger partial charge in [-0.25, -0.2) is 19.4 Å². The van der Waals surface area contributed by atoms with Crippen LogP contribution in [0.25, 0.3) is 0 Å². The molecule has 2 aromatic rings. The minimum Gasteiger partial charge on any atom is -0.356 e. The number of anilines is 1. The van der Waals surface area contributed by atoms with Gasteiger partial charge < -0.3 is 4.90 Å². The highest BCUT2D eigenvalue weighted by molar-refractivity contribution is 5.40. The van der Waals surface area contributed by atoms with Crippen molar-refractivity contribution in [2.24, 2.45) is 7.05 Å². The van der Waals surface area contributed by atoms with Crippen molar-refractivity contribution in [1.82, 2.24) is 24.3 Å². The van der Waals surface area contributed by atoms with E-state index >= 15 is 0 Å². The summed E-state index contributed by atoms with van der Waals surface area (Å²) in [5.74, 6) is 1.22. The van der Waals surface area contributed by atoms with Crippen LogP contribution < -0.4 is 10.6 Å². The van der Waals surface area contributed by atoms with Crippen molar-refractivity contribution < 1.29 is 13.2 Å². The van der Waals surface area contributed by atoms with Gasteiger partial charge in [0.2, 0.25) is 0 Å². The molecule has 0 spiro atoms. The van der Waals surface area contributed by atoms with E-state index in [-0.39, 0.29) is 23.5 Å². The van der Waals surface area contributed by atoms with Crippen molar-refractivity contribution in [3.63, 3.8) is 0 Å². The molecular weight excluding hydrogens is 349 g/mol. The van der Waals surface area contributed by atoms with Gasteiger partial charge in [0.25, 0.3) is 0 Å². The quantitative estimate of drug-likeness (QED) is 0.830. The Bertz CT molecular complexity index is 862. The summed E-state index contributed by atoms with van der Waals surface area (Å²) >= 11 is 0. The highest BCUT2D eigenvalue weighted by Crippen LogP contribution is 2.38. The molecule has 2 fully saturated rings. The summed E-state index contributed by atoms with van der Waals surface area (Å²) in [4.78, 5) is 21.4. The van der Waals surface area contributed by atoms with Crippen molar-refractivity contribution in [2.75, 3.05) is 18.0 Å². The Kier molecular flexibility index (Phi) is 4.00. The molecule has 0 radical (unpaired) electrons. The zero-order chi connectivity index (χ0) is 18.5. The second-order valence-corrected chi connectivity index (χ2v) is 6.89. The van der Waals surface area contributed by atoms with E-state index in [9.17, 15) is 18.0 Å². The molecule has 0 aromatic carbocycles. The van der Waals surface area contributed by atoms with Gasteiger partial charge >= 0.3 is 11.9 Å². The molecule has 0 amide bonds. The van der Waals surface area contributed by atoms with Crippen molar-refractivity contribution in [2.45, 2.75) is 43.8 Å². The fourth-order valence-corrected chi connectivity index (χ4v) is 3.49. The number of aromatic nitrogens is 5. The minimum absolute atomic E-state index is 0.0875. The third kappa shape index (κ3) is 3.08. The maximum Gasteiger partial charge on any atom is 0.433 e. The van der Waals surface area contributed by atoms with Gasteiger partial charge in [-0.3, -0.25) is 4.57 Å². The number of hydrogen-bond acceptors (Lipinski definition) is 5. The second kappa shape index (κ2) is 6.10. The molecule has 7 nitrogen and oxygen atoms in total.